The Hall–Kier alpha value is -0.850. The van der Waals surface area contributed by atoms with E-state index < -0.39 is 23.5 Å². The van der Waals surface area contributed by atoms with Crippen LogP contribution < -0.4 is 5.73 Å². The van der Waals surface area contributed by atoms with Crippen LogP contribution in [0.15, 0.2) is 22.0 Å². The summed E-state index contributed by atoms with van der Waals surface area (Å²) >= 11 is 4.71. The van der Waals surface area contributed by atoms with Crippen LogP contribution in [0, 0.1) is 24.4 Å². The molecule has 0 amide bonds. The van der Waals surface area contributed by atoms with Crippen LogP contribution in [0.5, 0.6) is 0 Å². The first-order valence-corrected chi connectivity index (χ1v) is 6.67. The molecule has 18 heavy (non-hydrogen) atoms. The number of hydrogen-bond acceptors (Lipinski definition) is 2. The van der Waals surface area contributed by atoms with Gasteiger partial charge in [0.25, 0.3) is 0 Å². The number of hydrogen-bond donors (Lipinski definition) is 1. The Kier molecular flexibility index (Phi) is 3.79. The van der Waals surface area contributed by atoms with Crippen LogP contribution >= 0.6 is 27.3 Å². The lowest BCUT2D eigenvalue weighted by molar-refractivity contribution is 0.515. The zero-order chi connectivity index (χ0) is 13.4. The maximum Gasteiger partial charge on any atom is 0.134 e. The molecular weight excluding hydrogens is 327 g/mol. The van der Waals surface area contributed by atoms with Gasteiger partial charge in [0.1, 0.15) is 17.5 Å². The molecule has 1 nitrogen and oxygen atoms in total. The molecule has 2 N–H and O–H groups in total. The second kappa shape index (κ2) is 5.03. The SMILES string of the molecule is Cc1sc(Br)cc1C(N)c1c(F)cc(F)cc1F. The van der Waals surface area contributed by atoms with Crippen molar-refractivity contribution in [1.29, 1.82) is 0 Å². The lowest BCUT2D eigenvalue weighted by Gasteiger charge is -2.14. The highest BCUT2D eigenvalue weighted by atomic mass is 79.9. The lowest BCUT2D eigenvalue weighted by Crippen LogP contribution is -2.16. The van der Waals surface area contributed by atoms with Crippen molar-refractivity contribution in [1.82, 2.24) is 0 Å². The number of nitrogens with two attached hydrogens (primary N) is 1. The molecule has 1 unspecified atom stereocenters. The Morgan fingerprint density at radius 2 is 1.72 bits per heavy atom. The largest absolute Gasteiger partial charge is 0.320 e. The minimum atomic E-state index is -0.971. The maximum atomic E-state index is 13.6. The van der Waals surface area contributed by atoms with Crippen molar-refractivity contribution < 1.29 is 13.2 Å². The van der Waals surface area contributed by atoms with Gasteiger partial charge in [0.05, 0.1) is 9.83 Å². The van der Waals surface area contributed by atoms with Crippen LogP contribution in [0.25, 0.3) is 0 Å². The van der Waals surface area contributed by atoms with Crippen molar-refractivity contribution in [3.8, 4) is 0 Å². The highest BCUT2D eigenvalue weighted by Gasteiger charge is 2.22. The Labute approximate surface area is 115 Å². The maximum absolute atomic E-state index is 13.6. The van der Waals surface area contributed by atoms with Crippen molar-refractivity contribution >= 4 is 27.3 Å². The van der Waals surface area contributed by atoms with Gasteiger partial charge in [-0.3, -0.25) is 0 Å². The van der Waals surface area contributed by atoms with Gasteiger partial charge in [0.2, 0.25) is 0 Å². The normalized spacial score (nSPS) is 12.8. The van der Waals surface area contributed by atoms with Crippen LogP contribution in [0.3, 0.4) is 0 Å². The third kappa shape index (κ3) is 2.46. The quantitative estimate of drug-likeness (QED) is 0.870. The fourth-order valence-electron chi connectivity index (χ4n) is 1.77. The third-order valence-electron chi connectivity index (χ3n) is 2.62. The molecule has 0 saturated carbocycles. The van der Waals surface area contributed by atoms with Crippen molar-refractivity contribution in [2.24, 2.45) is 5.73 Å². The highest BCUT2D eigenvalue weighted by molar-refractivity contribution is 9.11. The zero-order valence-electron chi connectivity index (χ0n) is 9.31. The summed E-state index contributed by atoms with van der Waals surface area (Å²) in [6, 6.07) is 2.03. The van der Waals surface area contributed by atoms with E-state index in [1.165, 1.54) is 11.3 Å². The summed E-state index contributed by atoms with van der Waals surface area (Å²) < 4.78 is 40.9. The number of thiophene rings is 1. The van der Waals surface area contributed by atoms with Crippen molar-refractivity contribution in [2.45, 2.75) is 13.0 Å². The summed E-state index contributed by atoms with van der Waals surface area (Å²) in [6.07, 6.45) is 0. The molecule has 2 rings (SSSR count). The summed E-state index contributed by atoms with van der Waals surface area (Å²) in [5.41, 5.74) is 6.17. The Balaban J connectivity index is 2.52. The van der Waals surface area contributed by atoms with Gasteiger partial charge in [0.15, 0.2) is 0 Å². The van der Waals surface area contributed by atoms with E-state index in [1.807, 2.05) is 6.92 Å². The van der Waals surface area contributed by atoms with Gasteiger partial charge in [-0.25, -0.2) is 13.2 Å². The van der Waals surface area contributed by atoms with E-state index in [4.69, 9.17) is 5.73 Å². The summed E-state index contributed by atoms with van der Waals surface area (Å²) in [5, 5.41) is 0. The Bertz CT molecular complexity index is 574. The molecule has 1 aromatic heterocycles. The molecule has 0 aliphatic rings. The predicted octanol–water partition coefficient (Wildman–Crippen LogP) is 4.28. The van der Waals surface area contributed by atoms with E-state index in [0.717, 1.165) is 8.66 Å². The summed E-state index contributed by atoms with van der Waals surface area (Å²) in [5.74, 6) is -2.90. The average molecular weight is 336 g/mol. The molecule has 0 aliphatic heterocycles. The molecule has 6 heteroatoms. The van der Waals surface area contributed by atoms with Crippen LogP contribution in [-0.4, -0.2) is 0 Å². The molecule has 96 valence electrons. The van der Waals surface area contributed by atoms with Gasteiger partial charge in [-0.15, -0.1) is 11.3 Å². The minimum absolute atomic E-state index is 0.315. The van der Waals surface area contributed by atoms with Crippen molar-refractivity contribution in [3.05, 3.63) is 55.4 Å². The van der Waals surface area contributed by atoms with Crippen LogP contribution in [-0.2, 0) is 0 Å². The highest BCUT2D eigenvalue weighted by Crippen LogP contribution is 2.34. The van der Waals surface area contributed by atoms with Gasteiger partial charge >= 0.3 is 0 Å². The number of aryl methyl sites for hydroxylation is 1. The van der Waals surface area contributed by atoms with E-state index in [1.54, 1.807) is 6.07 Å². The zero-order valence-corrected chi connectivity index (χ0v) is 11.7. The monoisotopic (exact) mass is 335 g/mol. The molecule has 0 aliphatic carbocycles. The second-order valence-electron chi connectivity index (χ2n) is 3.82. The standard InChI is InChI=1S/C12H9BrF3NS/c1-5-7(4-10(13)18-5)12(17)11-8(15)2-6(14)3-9(11)16/h2-4,12H,17H2,1H3. The molecule has 1 atom stereocenters. The topological polar surface area (TPSA) is 26.0 Å². The first-order chi connectivity index (χ1) is 8.40. The fourth-order valence-corrected chi connectivity index (χ4v) is 3.53. The van der Waals surface area contributed by atoms with Crippen LogP contribution in [0.1, 0.15) is 22.0 Å². The van der Waals surface area contributed by atoms with E-state index in [-0.39, 0.29) is 5.56 Å². The number of benzene rings is 1. The van der Waals surface area contributed by atoms with E-state index in [0.29, 0.717) is 17.7 Å². The molecule has 1 aromatic carbocycles. The third-order valence-corrected chi connectivity index (χ3v) is 4.19. The Morgan fingerprint density at radius 3 is 2.17 bits per heavy atom. The Morgan fingerprint density at radius 1 is 1.17 bits per heavy atom. The van der Waals surface area contributed by atoms with Gasteiger partial charge < -0.3 is 5.73 Å². The molecule has 0 spiro atoms. The number of rotatable bonds is 2. The first-order valence-electron chi connectivity index (χ1n) is 5.06. The summed E-state index contributed by atoms with van der Waals surface area (Å²) in [6.45, 7) is 1.81. The molecule has 2 aromatic rings. The minimum Gasteiger partial charge on any atom is -0.320 e. The second-order valence-corrected chi connectivity index (χ2v) is 6.46. The molecule has 0 radical (unpaired) electrons. The predicted molar refractivity (Wildman–Crippen MR) is 69.1 cm³/mol. The summed E-state index contributed by atoms with van der Waals surface area (Å²) in [7, 11) is 0. The summed E-state index contributed by atoms with van der Waals surface area (Å²) in [4.78, 5) is 0.859. The van der Waals surface area contributed by atoms with E-state index in [2.05, 4.69) is 15.9 Å². The van der Waals surface area contributed by atoms with Gasteiger partial charge in [-0.2, -0.15) is 0 Å². The molecule has 0 bridgehead atoms. The molecular formula is C12H9BrF3NS. The lowest BCUT2D eigenvalue weighted by atomic mass is 9.99. The van der Waals surface area contributed by atoms with Crippen molar-refractivity contribution in [2.75, 3.05) is 0 Å². The van der Waals surface area contributed by atoms with Crippen molar-refractivity contribution in [3.63, 3.8) is 0 Å². The van der Waals surface area contributed by atoms with Crippen LogP contribution in [0.4, 0.5) is 13.2 Å². The van der Waals surface area contributed by atoms with E-state index in [9.17, 15) is 13.2 Å². The molecule has 0 fully saturated rings. The average Bonchev–Trinajstić information content (AvgIpc) is 2.56. The molecule has 0 saturated heterocycles. The van der Waals surface area contributed by atoms with E-state index >= 15 is 0 Å². The number of halogens is 4. The fraction of sp³-hybridized carbons (Fsp3) is 0.167. The van der Waals surface area contributed by atoms with Gasteiger partial charge in [0, 0.05) is 22.6 Å². The van der Waals surface area contributed by atoms with Gasteiger partial charge in [-0.1, -0.05) is 0 Å². The van der Waals surface area contributed by atoms with Crippen LogP contribution in [0.2, 0.25) is 0 Å². The molecule has 1 heterocycles. The smallest absolute Gasteiger partial charge is 0.134 e. The first kappa shape index (κ1) is 13.6. The van der Waals surface area contributed by atoms with Gasteiger partial charge in [-0.05, 0) is 34.5 Å².